The molecule has 96 valence electrons. The number of hydrogen-bond donors (Lipinski definition) is 1. The molecule has 0 amide bonds. The van der Waals surface area contributed by atoms with Crippen molar-refractivity contribution in [3.05, 3.63) is 11.7 Å². The van der Waals surface area contributed by atoms with Gasteiger partial charge < -0.3 is 15.2 Å². The molecule has 1 aromatic rings. The summed E-state index contributed by atoms with van der Waals surface area (Å²) < 4.78 is 5.39. The van der Waals surface area contributed by atoms with E-state index in [1.165, 1.54) is 19.3 Å². The molecule has 2 unspecified atom stereocenters. The van der Waals surface area contributed by atoms with Crippen LogP contribution in [0, 0.1) is 5.92 Å². The summed E-state index contributed by atoms with van der Waals surface area (Å²) in [7, 11) is 4.00. The van der Waals surface area contributed by atoms with Crippen LogP contribution in [-0.2, 0) is 6.54 Å². The zero-order valence-electron chi connectivity index (χ0n) is 10.7. The first kappa shape index (κ1) is 12.5. The third kappa shape index (κ3) is 3.04. The summed E-state index contributed by atoms with van der Waals surface area (Å²) in [4.78, 5) is 6.53. The zero-order chi connectivity index (χ0) is 12.3. The lowest BCUT2D eigenvalue weighted by Gasteiger charge is -2.27. The van der Waals surface area contributed by atoms with Crippen molar-refractivity contribution in [2.24, 2.45) is 11.7 Å². The van der Waals surface area contributed by atoms with Crippen LogP contribution in [0.25, 0.3) is 0 Å². The van der Waals surface area contributed by atoms with Crippen LogP contribution < -0.4 is 5.73 Å². The summed E-state index contributed by atoms with van der Waals surface area (Å²) in [6.07, 6.45) is 4.83. The summed E-state index contributed by atoms with van der Waals surface area (Å²) in [5.74, 6) is 2.44. The summed E-state index contributed by atoms with van der Waals surface area (Å²) in [6.45, 7) is 1.44. The highest BCUT2D eigenvalue weighted by Gasteiger charge is 2.29. The van der Waals surface area contributed by atoms with Crippen LogP contribution in [0.2, 0.25) is 0 Å². The molecular formula is C12H22N4O. The molecule has 0 bridgehead atoms. The van der Waals surface area contributed by atoms with E-state index >= 15 is 0 Å². The van der Waals surface area contributed by atoms with Crippen molar-refractivity contribution in [1.29, 1.82) is 0 Å². The molecule has 5 nitrogen and oxygen atoms in total. The second-order valence-corrected chi connectivity index (χ2v) is 5.17. The Hall–Kier alpha value is -0.940. The van der Waals surface area contributed by atoms with E-state index < -0.39 is 0 Å². The Morgan fingerprint density at radius 3 is 2.82 bits per heavy atom. The van der Waals surface area contributed by atoms with Gasteiger partial charge in [0.2, 0.25) is 5.89 Å². The Kier molecular flexibility index (Phi) is 4.12. The second kappa shape index (κ2) is 5.60. The van der Waals surface area contributed by atoms with Gasteiger partial charge >= 0.3 is 0 Å². The van der Waals surface area contributed by atoms with Gasteiger partial charge in [0.1, 0.15) is 0 Å². The van der Waals surface area contributed by atoms with E-state index in [-0.39, 0.29) is 0 Å². The zero-order valence-corrected chi connectivity index (χ0v) is 10.7. The molecule has 1 aliphatic rings. The average Bonchev–Trinajstić information content (AvgIpc) is 2.76. The van der Waals surface area contributed by atoms with Gasteiger partial charge in [0, 0.05) is 5.92 Å². The molecule has 0 saturated heterocycles. The van der Waals surface area contributed by atoms with Gasteiger partial charge in [-0.05, 0) is 39.4 Å². The molecule has 1 fully saturated rings. The maximum absolute atomic E-state index is 5.82. The first-order valence-corrected chi connectivity index (χ1v) is 6.38. The molecule has 1 aromatic heterocycles. The molecule has 17 heavy (non-hydrogen) atoms. The smallest absolute Gasteiger partial charge is 0.230 e. The van der Waals surface area contributed by atoms with Gasteiger partial charge in [0.05, 0.1) is 6.54 Å². The van der Waals surface area contributed by atoms with Crippen molar-refractivity contribution >= 4 is 0 Å². The molecule has 1 saturated carbocycles. The van der Waals surface area contributed by atoms with E-state index in [2.05, 4.69) is 10.1 Å². The second-order valence-electron chi connectivity index (χ2n) is 5.17. The maximum Gasteiger partial charge on any atom is 0.230 e. The van der Waals surface area contributed by atoms with E-state index in [4.69, 9.17) is 10.3 Å². The third-order valence-corrected chi connectivity index (χ3v) is 3.47. The van der Waals surface area contributed by atoms with E-state index in [9.17, 15) is 0 Å². The van der Waals surface area contributed by atoms with Crippen LogP contribution in [-0.4, -0.2) is 35.7 Å². The lowest BCUT2D eigenvalue weighted by molar-refractivity contribution is 0.248. The molecule has 2 atom stereocenters. The molecule has 0 aromatic carbocycles. The van der Waals surface area contributed by atoms with Gasteiger partial charge in [-0.15, -0.1) is 0 Å². The Bertz CT molecular complexity index is 350. The van der Waals surface area contributed by atoms with E-state index in [0.29, 0.717) is 11.8 Å². The number of nitrogens with zero attached hydrogens (tertiary/aromatic N) is 3. The van der Waals surface area contributed by atoms with Crippen LogP contribution in [0.5, 0.6) is 0 Å². The summed E-state index contributed by atoms with van der Waals surface area (Å²) in [5.41, 5.74) is 5.82. The molecule has 2 N–H and O–H groups in total. The minimum absolute atomic E-state index is 0.372. The van der Waals surface area contributed by atoms with Crippen LogP contribution in [0.1, 0.15) is 43.3 Å². The Balaban J connectivity index is 2.07. The minimum atomic E-state index is 0.372. The molecule has 0 aliphatic heterocycles. The maximum atomic E-state index is 5.82. The summed E-state index contributed by atoms with van der Waals surface area (Å²) >= 11 is 0. The van der Waals surface area contributed by atoms with Crippen molar-refractivity contribution in [2.75, 3.05) is 20.6 Å². The normalized spacial score (nSPS) is 25.4. The van der Waals surface area contributed by atoms with E-state index in [1.54, 1.807) is 0 Å². The van der Waals surface area contributed by atoms with E-state index in [0.717, 1.165) is 31.2 Å². The number of aromatic nitrogens is 2. The fourth-order valence-corrected chi connectivity index (χ4v) is 2.58. The van der Waals surface area contributed by atoms with E-state index in [1.807, 2.05) is 19.0 Å². The minimum Gasteiger partial charge on any atom is -0.339 e. The van der Waals surface area contributed by atoms with Crippen LogP contribution in [0.15, 0.2) is 4.52 Å². The molecule has 0 spiro atoms. The van der Waals surface area contributed by atoms with Crippen molar-refractivity contribution in [2.45, 2.75) is 38.1 Å². The topological polar surface area (TPSA) is 68.2 Å². The fraction of sp³-hybridized carbons (Fsp3) is 0.833. The predicted molar refractivity (Wildman–Crippen MR) is 65.4 cm³/mol. The Labute approximate surface area is 102 Å². The Morgan fingerprint density at radius 1 is 1.35 bits per heavy atom. The molecule has 1 heterocycles. The molecule has 2 rings (SSSR count). The van der Waals surface area contributed by atoms with Gasteiger partial charge in [-0.3, -0.25) is 0 Å². The number of hydrogen-bond acceptors (Lipinski definition) is 5. The summed E-state index contributed by atoms with van der Waals surface area (Å²) in [5, 5.41) is 4.03. The van der Waals surface area contributed by atoms with Gasteiger partial charge in [-0.25, -0.2) is 0 Å². The highest BCUT2D eigenvalue weighted by atomic mass is 16.5. The fourth-order valence-electron chi connectivity index (χ4n) is 2.58. The number of nitrogens with two attached hydrogens (primary N) is 1. The largest absolute Gasteiger partial charge is 0.339 e. The van der Waals surface area contributed by atoms with Crippen LogP contribution >= 0.6 is 0 Å². The first-order chi connectivity index (χ1) is 8.20. The van der Waals surface area contributed by atoms with Gasteiger partial charge in [-0.1, -0.05) is 18.0 Å². The van der Waals surface area contributed by atoms with Gasteiger partial charge in [0.25, 0.3) is 0 Å². The Morgan fingerprint density at radius 2 is 2.12 bits per heavy atom. The summed E-state index contributed by atoms with van der Waals surface area (Å²) in [6, 6.07) is 0. The van der Waals surface area contributed by atoms with Crippen LogP contribution in [0.4, 0.5) is 0 Å². The lowest BCUT2D eigenvalue weighted by atomic mass is 9.79. The number of rotatable bonds is 4. The average molecular weight is 238 g/mol. The standard InChI is InChI=1S/C12H22N4O/c1-16(2)8-11-14-12(17-15-11)10-6-4-3-5-9(10)7-13/h9-10H,3-8,13H2,1-2H3. The highest BCUT2D eigenvalue weighted by molar-refractivity contribution is 4.99. The molecule has 5 heteroatoms. The van der Waals surface area contributed by atoms with Gasteiger partial charge in [-0.2, -0.15) is 4.98 Å². The molecular weight excluding hydrogens is 216 g/mol. The van der Waals surface area contributed by atoms with Crippen LogP contribution in [0.3, 0.4) is 0 Å². The molecule has 1 aliphatic carbocycles. The monoisotopic (exact) mass is 238 g/mol. The predicted octanol–water partition coefficient (Wildman–Crippen LogP) is 1.36. The highest BCUT2D eigenvalue weighted by Crippen LogP contribution is 2.36. The lowest BCUT2D eigenvalue weighted by Crippen LogP contribution is -2.25. The quantitative estimate of drug-likeness (QED) is 0.858. The van der Waals surface area contributed by atoms with Crippen molar-refractivity contribution in [1.82, 2.24) is 15.0 Å². The van der Waals surface area contributed by atoms with Gasteiger partial charge in [0.15, 0.2) is 5.82 Å². The van der Waals surface area contributed by atoms with Crippen molar-refractivity contribution in [3.8, 4) is 0 Å². The van der Waals surface area contributed by atoms with Crippen molar-refractivity contribution < 1.29 is 4.52 Å². The SMILES string of the molecule is CN(C)Cc1noc(C2CCCCC2CN)n1. The molecule has 0 radical (unpaired) electrons. The van der Waals surface area contributed by atoms with Crippen molar-refractivity contribution in [3.63, 3.8) is 0 Å². The first-order valence-electron chi connectivity index (χ1n) is 6.38. The third-order valence-electron chi connectivity index (χ3n) is 3.47.